The summed E-state index contributed by atoms with van der Waals surface area (Å²) >= 11 is 5.82. The second-order valence-electron chi connectivity index (χ2n) is 3.80. The standard InChI is InChI=1S/C12H14ClNO/c1-9(13)8-14-7-6-12(15)10-4-2-3-5-11(10)14/h2-5,12,15H,1,6-8H2. The van der Waals surface area contributed by atoms with Crippen LogP contribution < -0.4 is 4.90 Å². The Balaban J connectivity index is 2.31. The van der Waals surface area contributed by atoms with Gasteiger partial charge in [-0.3, -0.25) is 0 Å². The van der Waals surface area contributed by atoms with Crippen molar-refractivity contribution in [2.45, 2.75) is 12.5 Å². The van der Waals surface area contributed by atoms with Crippen molar-refractivity contribution in [3.63, 3.8) is 0 Å². The van der Waals surface area contributed by atoms with Crippen LogP contribution in [0.4, 0.5) is 5.69 Å². The Morgan fingerprint density at radius 1 is 1.53 bits per heavy atom. The number of hydrogen-bond acceptors (Lipinski definition) is 2. The molecule has 0 aliphatic carbocycles. The van der Waals surface area contributed by atoms with E-state index in [1.807, 2.05) is 24.3 Å². The molecule has 0 fully saturated rings. The molecule has 2 rings (SSSR count). The van der Waals surface area contributed by atoms with E-state index in [2.05, 4.69) is 11.5 Å². The minimum atomic E-state index is -0.346. The number of para-hydroxylation sites is 1. The molecule has 0 amide bonds. The van der Waals surface area contributed by atoms with Crippen molar-refractivity contribution < 1.29 is 5.11 Å². The number of hydrogen-bond donors (Lipinski definition) is 1. The van der Waals surface area contributed by atoms with E-state index in [0.717, 1.165) is 24.2 Å². The number of fused-ring (bicyclic) bond motifs is 1. The van der Waals surface area contributed by atoms with Crippen LogP contribution in [-0.4, -0.2) is 18.2 Å². The predicted octanol–water partition coefficient (Wildman–Crippen LogP) is 2.68. The van der Waals surface area contributed by atoms with Gasteiger partial charge >= 0.3 is 0 Å². The first-order valence-corrected chi connectivity index (χ1v) is 5.41. The minimum absolute atomic E-state index is 0.346. The van der Waals surface area contributed by atoms with Crippen LogP contribution in [0.25, 0.3) is 0 Å². The summed E-state index contributed by atoms with van der Waals surface area (Å²) < 4.78 is 0. The summed E-state index contributed by atoms with van der Waals surface area (Å²) in [5.74, 6) is 0. The first-order chi connectivity index (χ1) is 7.18. The van der Waals surface area contributed by atoms with E-state index in [0.29, 0.717) is 11.6 Å². The lowest BCUT2D eigenvalue weighted by atomic mass is 9.99. The summed E-state index contributed by atoms with van der Waals surface area (Å²) in [5, 5.41) is 10.5. The van der Waals surface area contributed by atoms with Gasteiger partial charge in [0, 0.05) is 22.8 Å². The van der Waals surface area contributed by atoms with Gasteiger partial charge in [0.05, 0.1) is 12.6 Å². The normalized spacial score (nSPS) is 19.9. The van der Waals surface area contributed by atoms with Gasteiger partial charge in [-0.05, 0) is 12.5 Å². The van der Waals surface area contributed by atoms with Gasteiger partial charge in [0.1, 0.15) is 0 Å². The van der Waals surface area contributed by atoms with E-state index in [1.165, 1.54) is 0 Å². The molecule has 0 spiro atoms. The average molecular weight is 224 g/mol. The molecular formula is C12H14ClNO. The van der Waals surface area contributed by atoms with E-state index < -0.39 is 0 Å². The number of anilines is 1. The van der Waals surface area contributed by atoms with Crippen LogP contribution in [-0.2, 0) is 0 Å². The molecule has 15 heavy (non-hydrogen) atoms. The Morgan fingerprint density at radius 2 is 2.27 bits per heavy atom. The van der Waals surface area contributed by atoms with Crippen molar-refractivity contribution in [2.75, 3.05) is 18.0 Å². The first kappa shape index (κ1) is 10.5. The number of aliphatic hydroxyl groups excluding tert-OH is 1. The second kappa shape index (κ2) is 4.25. The van der Waals surface area contributed by atoms with Crippen molar-refractivity contribution in [3.8, 4) is 0 Å². The third-order valence-electron chi connectivity index (χ3n) is 2.67. The predicted molar refractivity (Wildman–Crippen MR) is 63.2 cm³/mol. The summed E-state index contributed by atoms with van der Waals surface area (Å²) in [4.78, 5) is 2.15. The maximum absolute atomic E-state index is 9.83. The third kappa shape index (κ3) is 2.16. The van der Waals surface area contributed by atoms with Gasteiger partial charge in [0.2, 0.25) is 0 Å². The lowest BCUT2D eigenvalue weighted by Gasteiger charge is -2.33. The topological polar surface area (TPSA) is 23.5 Å². The molecule has 0 saturated carbocycles. The van der Waals surface area contributed by atoms with E-state index in [4.69, 9.17) is 11.6 Å². The van der Waals surface area contributed by atoms with Crippen LogP contribution in [0, 0.1) is 0 Å². The molecule has 1 atom stereocenters. The highest BCUT2D eigenvalue weighted by atomic mass is 35.5. The Labute approximate surface area is 94.8 Å². The van der Waals surface area contributed by atoms with E-state index in [1.54, 1.807) is 0 Å². The van der Waals surface area contributed by atoms with Crippen molar-refractivity contribution in [3.05, 3.63) is 41.4 Å². The van der Waals surface area contributed by atoms with Crippen LogP contribution in [0.1, 0.15) is 18.1 Å². The number of aliphatic hydroxyl groups is 1. The molecule has 0 aromatic heterocycles. The zero-order valence-corrected chi connectivity index (χ0v) is 9.24. The number of halogens is 1. The SMILES string of the molecule is C=C(Cl)CN1CCC(O)c2ccccc21. The molecule has 3 heteroatoms. The molecule has 1 aliphatic heterocycles. The van der Waals surface area contributed by atoms with Crippen LogP contribution in [0.3, 0.4) is 0 Å². The summed E-state index contributed by atoms with van der Waals surface area (Å²) in [6.07, 6.45) is 0.405. The average Bonchev–Trinajstić information content (AvgIpc) is 2.22. The molecule has 1 unspecified atom stereocenters. The molecule has 0 saturated heterocycles. The van der Waals surface area contributed by atoms with Crippen molar-refractivity contribution in [1.29, 1.82) is 0 Å². The summed E-state index contributed by atoms with van der Waals surface area (Å²) in [7, 11) is 0. The van der Waals surface area contributed by atoms with Gasteiger partial charge < -0.3 is 10.0 Å². The van der Waals surface area contributed by atoms with Crippen LogP contribution >= 0.6 is 11.6 Å². The van der Waals surface area contributed by atoms with E-state index in [9.17, 15) is 5.11 Å². The monoisotopic (exact) mass is 223 g/mol. The Bertz CT molecular complexity index is 378. The molecule has 80 valence electrons. The van der Waals surface area contributed by atoms with Gasteiger partial charge in [-0.15, -0.1) is 0 Å². The molecular weight excluding hydrogens is 210 g/mol. The number of benzene rings is 1. The van der Waals surface area contributed by atoms with Gasteiger partial charge in [-0.1, -0.05) is 36.4 Å². The van der Waals surface area contributed by atoms with Crippen molar-refractivity contribution in [1.82, 2.24) is 0 Å². The quantitative estimate of drug-likeness (QED) is 0.834. The molecule has 1 aliphatic rings. The summed E-state index contributed by atoms with van der Waals surface area (Å²) in [5.41, 5.74) is 2.06. The Hall–Kier alpha value is -0.990. The largest absolute Gasteiger partial charge is 0.388 e. The lowest BCUT2D eigenvalue weighted by molar-refractivity contribution is 0.164. The molecule has 0 bridgehead atoms. The highest BCUT2D eigenvalue weighted by Crippen LogP contribution is 2.33. The van der Waals surface area contributed by atoms with Crippen LogP contribution in [0.2, 0.25) is 0 Å². The van der Waals surface area contributed by atoms with E-state index in [-0.39, 0.29) is 6.10 Å². The van der Waals surface area contributed by atoms with Gasteiger partial charge in [-0.2, -0.15) is 0 Å². The third-order valence-corrected chi connectivity index (χ3v) is 2.79. The maximum Gasteiger partial charge on any atom is 0.0826 e. The van der Waals surface area contributed by atoms with E-state index >= 15 is 0 Å². The van der Waals surface area contributed by atoms with Gasteiger partial charge in [0.15, 0.2) is 0 Å². The highest BCUT2D eigenvalue weighted by Gasteiger charge is 2.22. The fourth-order valence-electron chi connectivity index (χ4n) is 1.98. The summed E-state index contributed by atoms with van der Waals surface area (Å²) in [6, 6.07) is 7.89. The van der Waals surface area contributed by atoms with Gasteiger partial charge in [0.25, 0.3) is 0 Å². The molecule has 0 radical (unpaired) electrons. The van der Waals surface area contributed by atoms with Gasteiger partial charge in [-0.25, -0.2) is 0 Å². The fourth-order valence-corrected chi connectivity index (χ4v) is 2.13. The molecule has 1 aromatic carbocycles. The zero-order valence-electron chi connectivity index (χ0n) is 8.49. The number of nitrogens with zero attached hydrogens (tertiary/aromatic N) is 1. The van der Waals surface area contributed by atoms with Crippen molar-refractivity contribution >= 4 is 17.3 Å². The second-order valence-corrected chi connectivity index (χ2v) is 4.34. The molecule has 1 aromatic rings. The minimum Gasteiger partial charge on any atom is -0.388 e. The molecule has 1 heterocycles. The Kier molecular flexibility index (Phi) is 2.98. The van der Waals surface area contributed by atoms with Crippen molar-refractivity contribution in [2.24, 2.45) is 0 Å². The maximum atomic E-state index is 9.83. The zero-order chi connectivity index (χ0) is 10.8. The molecule has 2 nitrogen and oxygen atoms in total. The lowest BCUT2D eigenvalue weighted by Crippen LogP contribution is -2.32. The Morgan fingerprint density at radius 3 is 3.00 bits per heavy atom. The fraction of sp³-hybridized carbons (Fsp3) is 0.333. The molecule has 1 N–H and O–H groups in total. The smallest absolute Gasteiger partial charge is 0.0826 e. The van der Waals surface area contributed by atoms with Crippen LogP contribution in [0.15, 0.2) is 35.9 Å². The summed E-state index contributed by atoms with van der Waals surface area (Å²) in [6.45, 7) is 5.17. The van der Waals surface area contributed by atoms with Crippen LogP contribution in [0.5, 0.6) is 0 Å². The number of rotatable bonds is 2. The highest BCUT2D eigenvalue weighted by molar-refractivity contribution is 6.29. The first-order valence-electron chi connectivity index (χ1n) is 5.03.